The van der Waals surface area contributed by atoms with E-state index in [9.17, 15) is 4.79 Å². The number of anilines is 1. The van der Waals surface area contributed by atoms with Gasteiger partial charge in [-0.2, -0.15) is 0 Å². The number of rotatable bonds is 3. The van der Waals surface area contributed by atoms with Crippen molar-refractivity contribution < 1.29 is 4.79 Å². The topological polar surface area (TPSA) is 48.1 Å². The van der Waals surface area contributed by atoms with Crippen LogP contribution >= 0.6 is 0 Å². The van der Waals surface area contributed by atoms with E-state index >= 15 is 0 Å². The van der Waals surface area contributed by atoms with E-state index in [4.69, 9.17) is 0 Å². The highest BCUT2D eigenvalue weighted by Crippen LogP contribution is 2.42. The lowest BCUT2D eigenvalue weighted by molar-refractivity contribution is 0.0667. The van der Waals surface area contributed by atoms with Crippen molar-refractivity contribution in [1.29, 1.82) is 0 Å². The maximum Gasteiger partial charge on any atom is 0.258 e. The first-order valence-electron chi connectivity index (χ1n) is 9.05. The van der Waals surface area contributed by atoms with Gasteiger partial charge in [-0.15, -0.1) is 0 Å². The Morgan fingerprint density at radius 2 is 1.96 bits per heavy atom. The van der Waals surface area contributed by atoms with Crippen LogP contribution in [-0.4, -0.2) is 21.8 Å². The number of nitrogens with one attached hydrogen (secondary N) is 2. The zero-order valence-corrected chi connectivity index (χ0v) is 14.3. The number of benzene rings is 2. The van der Waals surface area contributed by atoms with Gasteiger partial charge in [0.25, 0.3) is 5.91 Å². The second kappa shape index (κ2) is 5.38. The molecule has 1 atom stereocenters. The molecule has 2 heterocycles. The van der Waals surface area contributed by atoms with Crippen LogP contribution in [0.3, 0.4) is 0 Å². The van der Waals surface area contributed by atoms with Crippen molar-refractivity contribution in [3.05, 3.63) is 65.4 Å². The number of hydrogen-bond donors (Lipinski definition) is 2. The number of amides is 1. The maximum absolute atomic E-state index is 13.1. The van der Waals surface area contributed by atoms with Gasteiger partial charge in [0.2, 0.25) is 0 Å². The van der Waals surface area contributed by atoms with E-state index in [-0.39, 0.29) is 12.1 Å². The van der Waals surface area contributed by atoms with Crippen molar-refractivity contribution in [3.8, 4) is 0 Å². The number of carbonyl (C=O) groups is 1. The third kappa shape index (κ3) is 2.17. The normalized spacial score (nSPS) is 19.8. The monoisotopic (exact) mass is 331 g/mol. The summed E-state index contributed by atoms with van der Waals surface area (Å²) in [5.74, 6) is 0.142. The standard InChI is InChI=1S/C21H21N3O/c1-2-13-6-5-8-15-17(12-22-19(13)15)20-23-18-9-4-3-7-16(18)21(25)24(20)14-10-11-14/h3-9,12,14,20,22-23H,2,10-11H2,1H3/t20-/m0/s1. The van der Waals surface area contributed by atoms with Gasteiger partial charge >= 0.3 is 0 Å². The second-order valence-electron chi connectivity index (χ2n) is 6.97. The Labute approximate surface area is 146 Å². The van der Waals surface area contributed by atoms with Crippen LogP contribution in [-0.2, 0) is 6.42 Å². The fraction of sp³-hybridized carbons (Fsp3) is 0.286. The van der Waals surface area contributed by atoms with Crippen LogP contribution in [0.5, 0.6) is 0 Å². The van der Waals surface area contributed by atoms with E-state index in [0.717, 1.165) is 36.1 Å². The summed E-state index contributed by atoms with van der Waals surface area (Å²) in [4.78, 5) is 18.6. The minimum absolute atomic E-state index is 0.115. The first-order chi connectivity index (χ1) is 12.3. The number of aromatic nitrogens is 1. The minimum atomic E-state index is -0.115. The molecular formula is C21H21N3O. The first-order valence-corrected chi connectivity index (χ1v) is 9.05. The van der Waals surface area contributed by atoms with Crippen LogP contribution in [0.4, 0.5) is 5.69 Å². The highest BCUT2D eigenvalue weighted by molar-refractivity contribution is 6.02. The Balaban J connectivity index is 1.67. The summed E-state index contributed by atoms with van der Waals surface area (Å²) in [6.45, 7) is 2.17. The van der Waals surface area contributed by atoms with Crippen molar-refractivity contribution in [1.82, 2.24) is 9.88 Å². The van der Waals surface area contributed by atoms with Gasteiger partial charge in [-0.25, -0.2) is 0 Å². The lowest BCUT2D eigenvalue weighted by Gasteiger charge is -2.38. The molecule has 2 aliphatic rings. The number of fused-ring (bicyclic) bond motifs is 2. The Hall–Kier alpha value is -2.75. The fourth-order valence-electron chi connectivity index (χ4n) is 3.99. The van der Waals surface area contributed by atoms with Gasteiger partial charge in [0.1, 0.15) is 6.17 Å². The molecule has 0 radical (unpaired) electrons. The first kappa shape index (κ1) is 14.6. The quantitative estimate of drug-likeness (QED) is 0.744. The highest BCUT2D eigenvalue weighted by Gasteiger charge is 2.42. The molecule has 3 aromatic rings. The number of aromatic amines is 1. The molecule has 1 fully saturated rings. The second-order valence-corrected chi connectivity index (χ2v) is 6.97. The van der Waals surface area contributed by atoms with E-state index in [2.05, 4.69) is 41.6 Å². The number of hydrogen-bond acceptors (Lipinski definition) is 2. The van der Waals surface area contributed by atoms with Gasteiger partial charge in [-0.1, -0.05) is 37.3 Å². The zero-order chi connectivity index (χ0) is 17.0. The summed E-state index contributed by atoms with van der Waals surface area (Å²) in [6, 6.07) is 14.6. The highest BCUT2D eigenvalue weighted by atomic mass is 16.2. The van der Waals surface area contributed by atoms with Crippen LogP contribution in [0.15, 0.2) is 48.7 Å². The van der Waals surface area contributed by atoms with Gasteiger partial charge in [0, 0.05) is 34.4 Å². The zero-order valence-electron chi connectivity index (χ0n) is 14.3. The molecule has 0 spiro atoms. The third-order valence-corrected chi connectivity index (χ3v) is 5.41. The molecule has 0 unspecified atom stereocenters. The number of para-hydroxylation sites is 2. The van der Waals surface area contributed by atoms with Crippen molar-refractivity contribution in [2.45, 2.75) is 38.4 Å². The molecule has 126 valence electrons. The number of H-pyrrole nitrogens is 1. The fourth-order valence-corrected chi connectivity index (χ4v) is 3.99. The molecule has 5 rings (SSSR count). The molecule has 1 amide bonds. The summed E-state index contributed by atoms with van der Waals surface area (Å²) >= 11 is 0. The predicted molar refractivity (Wildman–Crippen MR) is 99.7 cm³/mol. The molecule has 1 aliphatic carbocycles. The number of nitrogens with zero attached hydrogens (tertiary/aromatic N) is 1. The third-order valence-electron chi connectivity index (χ3n) is 5.41. The maximum atomic E-state index is 13.1. The molecule has 4 heteroatoms. The van der Waals surface area contributed by atoms with Crippen LogP contribution < -0.4 is 5.32 Å². The van der Waals surface area contributed by atoms with Gasteiger partial charge in [0.05, 0.1) is 5.56 Å². The van der Waals surface area contributed by atoms with Gasteiger partial charge < -0.3 is 15.2 Å². The van der Waals surface area contributed by atoms with Crippen LogP contribution in [0.1, 0.15) is 47.4 Å². The van der Waals surface area contributed by atoms with E-state index < -0.39 is 0 Å². The Morgan fingerprint density at radius 1 is 1.12 bits per heavy atom. The summed E-state index contributed by atoms with van der Waals surface area (Å²) < 4.78 is 0. The Kier molecular flexibility index (Phi) is 3.14. The lowest BCUT2D eigenvalue weighted by atomic mass is 10.0. The summed E-state index contributed by atoms with van der Waals surface area (Å²) in [6.07, 6.45) is 5.13. The van der Waals surface area contributed by atoms with Gasteiger partial charge in [-0.3, -0.25) is 4.79 Å². The molecule has 2 N–H and O–H groups in total. The van der Waals surface area contributed by atoms with E-state index in [1.807, 2.05) is 29.2 Å². The molecule has 0 saturated heterocycles. The molecular weight excluding hydrogens is 310 g/mol. The molecule has 1 aromatic heterocycles. The molecule has 1 aliphatic heterocycles. The number of carbonyl (C=O) groups excluding carboxylic acids is 1. The van der Waals surface area contributed by atoms with Crippen LogP contribution in [0.2, 0.25) is 0 Å². The van der Waals surface area contributed by atoms with Crippen molar-refractivity contribution in [2.75, 3.05) is 5.32 Å². The number of aryl methyl sites for hydroxylation is 1. The summed E-state index contributed by atoms with van der Waals surface area (Å²) in [5, 5.41) is 4.82. The van der Waals surface area contributed by atoms with Crippen LogP contribution in [0.25, 0.3) is 10.9 Å². The average Bonchev–Trinajstić information content (AvgIpc) is 3.39. The smallest absolute Gasteiger partial charge is 0.258 e. The Bertz CT molecular complexity index is 970. The van der Waals surface area contributed by atoms with Gasteiger partial charge in [-0.05, 0) is 37.0 Å². The minimum Gasteiger partial charge on any atom is -0.361 e. The van der Waals surface area contributed by atoms with Crippen LogP contribution in [0, 0.1) is 0 Å². The predicted octanol–water partition coefficient (Wildman–Crippen LogP) is 4.46. The SMILES string of the molecule is CCc1cccc2c([C@H]3Nc4ccccc4C(=O)N3C3CC3)c[nH]c12. The van der Waals surface area contributed by atoms with E-state index in [0.29, 0.717) is 6.04 Å². The summed E-state index contributed by atoms with van der Waals surface area (Å²) in [5.41, 5.74) is 5.35. The van der Waals surface area contributed by atoms with Crippen molar-refractivity contribution in [2.24, 2.45) is 0 Å². The molecule has 25 heavy (non-hydrogen) atoms. The average molecular weight is 331 g/mol. The Morgan fingerprint density at radius 3 is 2.76 bits per heavy atom. The summed E-state index contributed by atoms with van der Waals surface area (Å²) in [7, 11) is 0. The lowest BCUT2D eigenvalue weighted by Crippen LogP contribution is -2.44. The largest absolute Gasteiger partial charge is 0.361 e. The van der Waals surface area contributed by atoms with Crippen molar-refractivity contribution in [3.63, 3.8) is 0 Å². The van der Waals surface area contributed by atoms with E-state index in [1.165, 1.54) is 16.5 Å². The molecule has 1 saturated carbocycles. The molecule has 2 aromatic carbocycles. The van der Waals surface area contributed by atoms with Gasteiger partial charge in [0.15, 0.2) is 0 Å². The molecule has 4 nitrogen and oxygen atoms in total. The molecule has 0 bridgehead atoms. The van der Waals surface area contributed by atoms with Crippen molar-refractivity contribution >= 4 is 22.5 Å². The van der Waals surface area contributed by atoms with E-state index in [1.54, 1.807) is 0 Å².